The van der Waals surface area contributed by atoms with Gasteiger partial charge in [0, 0.05) is 0 Å². The van der Waals surface area contributed by atoms with E-state index in [-0.39, 0.29) is 0 Å². The van der Waals surface area contributed by atoms with Crippen molar-refractivity contribution in [3.8, 4) is 0 Å². The molecule has 0 saturated heterocycles. The van der Waals surface area contributed by atoms with Gasteiger partial charge >= 0.3 is 0 Å². The van der Waals surface area contributed by atoms with Crippen molar-refractivity contribution < 1.29 is 0 Å². The minimum Gasteiger partial charge on any atom is -0.103 e. The molecular weight excluding hydrogens is 204 g/mol. The van der Waals surface area contributed by atoms with Crippen LogP contribution >= 0.6 is 0 Å². The van der Waals surface area contributed by atoms with Crippen LogP contribution in [-0.2, 0) is 0 Å². The molecule has 102 valence electrons. The van der Waals surface area contributed by atoms with Crippen molar-refractivity contribution in [1.29, 1.82) is 0 Å². The van der Waals surface area contributed by atoms with Crippen molar-refractivity contribution >= 4 is 0 Å². The highest BCUT2D eigenvalue weighted by atomic mass is 14.2. The average molecular weight is 238 g/mol. The quantitative estimate of drug-likeness (QED) is 0.449. The second kappa shape index (κ2) is 9.74. The van der Waals surface area contributed by atoms with Crippen molar-refractivity contribution in [2.24, 2.45) is 23.7 Å². The average Bonchev–Trinajstić information content (AvgIpc) is 2.78. The molecule has 2 fully saturated rings. The fourth-order valence-corrected chi connectivity index (χ4v) is 2.98. The molecule has 2 rings (SSSR count). The van der Waals surface area contributed by atoms with Crippen molar-refractivity contribution in [2.75, 3.05) is 0 Å². The third-order valence-electron chi connectivity index (χ3n) is 3.91. The molecule has 0 radical (unpaired) electrons. The molecular formula is C17H34. The molecule has 17 heavy (non-hydrogen) atoms. The summed E-state index contributed by atoms with van der Waals surface area (Å²) in [5.41, 5.74) is 0. The van der Waals surface area contributed by atoms with Crippen LogP contribution in [0.4, 0.5) is 0 Å². The van der Waals surface area contributed by atoms with Crippen molar-refractivity contribution in [2.45, 2.75) is 73.1 Å². The Balaban J connectivity index is 0.000000247. The zero-order valence-corrected chi connectivity index (χ0v) is 12.8. The standard InChI is InChI=1S/2C7H14.C3H6/c2*1-6-3-4-7(2)5-6;1-3-2/h2*6-7H,3-5H2,1-2H3;3H,1H2,2H3. The van der Waals surface area contributed by atoms with Gasteiger partial charge in [-0.3, -0.25) is 0 Å². The van der Waals surface area contributed by atoms with E-state index in [1.165, 1.54) is 38.5 Å². The summed E-state index contributed by atoms with van der Waals surface area (Å²) in [5.74, 6) is 4.09. The minimum atomic E-state index is 1.02. The van der Waals surface area contributed by atoms with E-state index < -0.39 is 0 Å². The number of allylic oxidation sites excluding steroid dienone is 1. The summed E-state index contributed by atoms with van der Waals surface area (Å²) >= 11 is 0. The molecule has 0 nitrogen and oxygen atoms in total. The highest BCUT2D eigenvalue weighted by Gasteiger charge is 2.16. The Hall–Kier alpha value is -0.260. The zero-order valence-electron chi connectivity index (χ0n) is 12.8. The highest BCUT2D eigenvalue weighted by Crippen LogP contribution is 2.29. The number of hydrogen-bond acceptors (Lipinski definition) is 0. The molecule has 0 bridgehead atoms. The van der Waals surface area contributed by atoms with Gasteiger partial charge in [0.2, 0.25) is 0 Å². The Labute approximate surface area is 110 Å². The lowest BCUT2D eigenvalue weighted by Gasteiger charge is -1.96. The maximum Gasteiger partial charge on any atom is -0.0440 e. The molecule has 2 saturated carbocycles. The minimum absolute atomic E-state index is 1.02. The molecule has 0 heterocycles. The van der Waals surface area contributed by atoms with Gasteiger partial charge in [-0.15, -0.1) is 6.58 Å². The first kappa shape index (κ1) is 16.7. The summed E-state index contributed by atoms with van der Waals surface area (Å²) in [7, 11) is 0. The molecule has 0 amide bonds. The van der Waals surface area contributed by atoms with Crippen LogP contribution in [0.15, 0.2) is 12.7 Å². The van der Waals surface area contributed by atoms with Gasteiger partial charge in [-0.05, 0) is 43.4 Å². The second-order valence-electron chi connectivity index (χ2n) is 6.46. The predicted octanol–water partition coefficient (Wildman–Crippen LogP) is 6.08. The first-order chi connectivity index (χ1) is 7.99. The SMILES string of the molecule is C=CC.CC1CCC(C)C1.CC1CCC(C)C1. The first-order valence-corrected chi connectivity index (χ1v) is 7.56. The van der Waals surface area contributed by atoms with E-state index in [0.717, 1.165) is 23.7 Å². The molecule has 2 aliphatic carbocycles. The van der Waals surface area contributed by atoms with E-state index in [1.54, 1.807) is 6.08 Å². The van der Waals surface area contributed by atoms with Crippen LogP contribution in [-0.4, -0.2) is 0 Å². The van der Waals surface area contributed by atoms with Gasteiger partial charge < -0.3 is 0 Å². The van der Waals surface area contributed by atoms with E-state index in [1.807, 2.05) is 6.92 Å². The summed E-state index contributed by atoms with van der Waals surface area (Å²) in [4.78, 5) is 0. The topological polar surface area (TPSA) is 0 Å². The molecule has 0 aromatic rings. The summed E-state index contributed by atoms with van der Waals surface area (Å²) < 4.78 is 0. The largest absolute Gasteiger partial charge is 0.103 e. The lowest BCUT2D eigenvalue weighted by atomic mass is 10.1. The van der Waals surface area contributed by atoms with Crippen LogP contribution in [0.25, 0.3) is 0 Å². The monoisotopic (exact) mass is 238 g/mol. The lowest BCUT2D eigenvalue weighted by Crippen LogP contribution is -1.84. The fraction of sp³-hybridized carbons (Fsp3) is 0.882. The van der Waals surface area contributed by atoms with Gasteiger partial charge in [0.25, 0.3) is 0 Å². The van der Waals surface area contributed by atoms with Crippen LogP contribution in [0.1, 0.15) is 73.1 Å². The molecule has 0 heteroatoms. The number of hydrogen-bond donors (Lipinski definition) is 0. The third-order valence-corrected chi connectivity index (χ3v) is 3.91. The maximum absolute atomic E-state index is 3.36. The van der Waals surface area contributed by atoms with Crippen molar-refractivity contribution in [3.63, 3.8) is 0 Å². The van der Waals surface area contributed by atoms with Gasteiger partial charge in [0.05, 0.1) is 0 Å². The smallest absolute Gasteiger partial charge is 0.0440 e. The maximum atomic E-state index is 3.36. The van der Waals surface area contributed by atoms with Gasteiger partial charge in [0.1, 0.15) is 0 Å². The summed E-state index contributed by atoms with van der Waals surface area (Å²) in [6.07, 6.45) is 10.6. The Morgan fingerprint density at radius 2 is 0.882 bits per heavy atom. The predicted molar refractivity (Wildman–Crippen MR) is 80.2 cm³/mol. The van der Waals surface area contributed by atoms with Crippen LogP contribution < -0.4 is 0 Å². The van der Waals surface area contributed by atoms with Gasteiger partial charge in [-0.2, -0.15) is 0 Å². The molecule has 4 atom stereocenters. The molecule has 0 N–H and O–H groups in total. The Morgan fingerprint density at radius 1 is 0.706 bits per heavy atom. The lowest BCUT2D eigenvalue weighted by molar-refractivity contribution is 0.555. The van der Waals surface area contributed by atoms with Crippen LogP contribution in [0.5, 0.6) is 0 Å². The van der Waals surface area contributed by atoms with E-state index >= 15 is 0 Å². The number of rotatable bonds is 0. The van der Waals surface area contributed by atoms with Crippen LogP contribution in [0, 0.1) is 23.7 Å². The summed E-state index contributed by atoms with van der Waals surface area (Å²) in [6.45, 7) is 14.7. The van der Waals surface area contributed by atoms with E-state index in [0.29, 0.717) is 0 Å². The normalized spacial score (nSPS) is 35.4. The van der Waals surface area contributed by atoms with E-state index in [2.05, 4.69) is 34.3 Å². The molecule has 2 aliphatic rings. The molecule has 0 aliphatic heterocycles. The van der Waals surface area contributed by atoms with Crippen molar-refractivity contribution in [3.05, 3.63) is 12.7 Å². The molecule has 4 unspecified atom stereocenters. The fourth-order valence-electron chi connectivity index (χ4n) is 2.98. The highest BCUT2D eigenvalue weighted by molar-refractivity contribution is 4.68. The Morgan fingerprint density at radius 3 is 0.941 bits per heavy atom. The second-order valence-corrected chi connectivity index (χ2v) is 6.46. The first-order valence-electron chi connectivity index (χ1n) is 7.56. The van der Waals surface area contributed by atoms with Crippen LogP contribution in [0.2, 0.25) is 0 Å². The molecule has 0 spiro atoms. The van der Waals surface area contributed by atoms with E-state index in [4.69, 9.17) is 0 Å². The van der Waals surface area contributed by atoms with Gasteiger partial charge in [0.15, 0.2) is 0 Å². The van der Waals surface area contributed by atoms with Crippen molar-refractivity contribution in [1.82, 2.24) is 0 Å². The van der Waals surface area contributed by atoms with Gasteiger partial charge in [-0.1, -0.05) is 59.5 Å². The summed E-state index contributed by atoms with van der Waals surface area (Å²) in [6, 6.07) is 0. The van der Waals surface area contributed by atoms with Crippen LogP contribution in [0.3, 0.4) is 0 Å². The molecule has 0 aromatic heterocycles. The third kappa shape index (κ3) is 9.44. The van der Waals surface area contributed by atoms with Gasteiger partial charge in [-0.25, -0.2) is 0 Å². The Kier molecular flexibility index (Phi) is 9.59. The molecule has 0 aromatic carbocycles. The summed E-state index contributed by atoms with van der Waals surface area (Å²) in [5, 5.41) is 0. The Bertz CT molecular complexity index is 148. The van der Waals surface area contributed by atoms with E-state index in [9.17, 15) is 0 Å². The zero-order chi connectivity index (χ0) is 13.3.